The summed E-state index contributed by atoms with van der Waals surface area (Å²) in [5.41, 5.74) is 0.236. The topological polar surface area (TPSA) is 40.5 Å². The van der Waals surface area contributed by atoms with Crippen LogP contribution < -0.4 is 0 Å². The summed E-state index contributed by atoms with van der Waals surface area (Å²) in [6.07, 6.45) is 1.22. The molecule has 102 valence electrons. The van der Waals surface area contributed by atoms with Crippen LogP contribution in [0, 0.1) is 0 Å². The normalized spacial score (nSPS) is 25.2. The maximum absolute atomic E-state index is 10.4. The molecule has 0 heterocycles. The van der Waals surface area contributed by atoms with E-state index in [0.29, 0.717) is 16.5 Å². The van der Waals surface area contributed by atoms with E-state index in [4.69, 9.17) is 23.2 Å². The Morgan fingerprint density at radius 1 is 1.26 bits per heavy atom. The van der Waals surface area contributed by atoms with E-state index in [-0.39, 0.29) is 6.42 Å². The van der Waals surface area contributed by atoms with Gasteiger partial charge in [-0.3, -0.25) is 0 Å². The molecular weight excluding hydrogens is 283 g/mol. The molecule has 19 heavy (non-hydrogen) atoms. The minimum Gasteiger partial charge on any atom is -0.390 e. The van der Waals surface area contributed by atoms with Crippen molar-refractivity contribution in [2.75, 3.05) is 0 Å². The van der Waals surface area contributed by atoms with Gasteiger partial charge in [-0.25, -0.2) is 0 Å². The summed E-state index contributed by atoms with van der Waals surface area (Å²) >= 11 is 12.5. The molecular formula is C15H16Cl2O2. The summed E-state index contributed by atoms with van der Waals surface area (Å²) in [6, 6.07) is 9.54. The van der Waals surface area contributed by atoms with Gasteiger partial charge < -0.3 is 10.2 Å². The van der Waals surface area contributed by atoms with Crippen LogP contribution in [0.25, 0.3) is 5.57 Å². The number of aliphatic hydroxyl groups excluding tert-OH is 1. The van der Waals surface area contributed by atoms with Crippen LogP contribution in [0.4, 0.5) is 0 Å². The highest BCUT2D eigenvalue weighted by Gasteiger charge is 2.37. The van der Waals surface area contributed by atoms with Crippen LogP contribution in [0.5, 0.6) is 0 Å². The maximum atomic E-state index is 10.4. The fourth-order valence-electron chi connectivity index (χ4n) is 2.28. The van der Waals surface area contributed by atoms with Gasteiger partial charge in [0.15, 0.2) is 0 Å². The Bertz CT molecular complexity index is 522. The molecule has 2 unspecified atom stereocenters. The fraction of sp³-hybridized carbons (Fsp3) is 0.333. The van der Waals surface area contributed by atoms with E-state index < -0.39 is 11.7 Å². The molecule has 0 spiro atoms. The molecule has 4 heteroatoms. The lowest BCUT2D eigenvalue weighted by Gasteiger charge is -2.33. The molecule has 0 amide bonds. The standard InChI is InChI=1S/C15H16Cl2O2/c1-2-13(18)15(19)8-11(16)14(12(17)9-15)10-6-4-3-5-7-10/h3-8,13,18-19H,2,9H2,1H3. The first-order chi connectivity index (χ1) is 8.98. The van der Waals surface area contributed by atoms with Crippen LogP contribution in [0.15, 0.2) is 46.5 Å². The molecule has 0 bridgehead atoms. The predicted octanol–water partition coefficient (Wildman–Crippen LogP) is 3.66. The van der Waals surface area contributed by atoms with E-state index in [1.54, 1.807) is 6.92 Å². The van der Waals surface area contributed by atoms with Crippen LogP contribution in [-0.2, 0) is 0 Å². The zero-order valence-corrected chi connectivity index (χ0v) is 12.1. The van der Waals surface area contributed by atoms with E-state index in [1.807, 2.05) is 30.3 Å². The highest BCUT2D eigenvalue weighted by molar-refractivity contribution is 6.42. The van der Waals surface area contributed by atoms with E-state index in [2.05, 4.69) is 0 Å². The van der Waals surface area contributed by atoms with E-state index >= 15 is 0 Å². The number of rotatable bonds is 3. The fourth-order valence-corrected chi connectivity index (χ4v) is 3.16. The highest BCUT2D eigenvalue weighted by Crippen LogP contribution is 2.42. The van der Waals surface area contributed by atoms with Gasteiger partial charge in [-0.1, -0.05) is 60.5 Å². The Balaban J connectivity index is 2.41. The van der Waals surface area contributed by atoms with Crippen LogP contribution in [0.1, 0.15) is 25.3 Å². The number of hydrogen-bond donors (Lipinski definition) is 2. The zero-order chi connectivity index (χ0) is 14.0. The monoisotopic (exact) mass is 298 g/mol. The third-order valence-electron chi connectivity index (χ3n) is 3.35. The minimum absolute atomic E-state index is 0.171. The molecule has 0 aliphatic heterocycles. The van der Waals surface area contributed by atoms with Crippen molar-refractivity contribution in [3.8, 4) is 0 Å². The molecule has 0 saturated heterocycles. The van der Waals surface area contributed by atoms with Gasteiger partial charge >= 0.3 is 0 Å². The number of allylic oxidation sites excluding steroid dienone is 2. The van der Waals surface area contributed by atoms with E-state index in [0.717, 1.165) is 11.1 Å². The highest BCUT2D eigenvalue weighted by atomic mass is 35.5. The van der Waals surface area contributed by atoms with Gasteiger partial charge in [-0.2, -0.15) is 0 Å². The maximum Gasteiger partial charge on any atom is 0.115 e. The van der Waals surface area contributed by atoms with Gasteiger partial charge in [0, 0.05) is 22.1 Å². The summed E-state index contributed by atoms with van der Waals surface area (Å²) in [6.45, 7) is 1.80. The third kappa shape index (κ3) is 2.87. The van der Waals surface area contributed by atoms with Crippen molar-refractivity contribution in [3.05, 3.63) is 52.0 Å². The van der Waals surface area contributed by atoms with Crippen LogP contribution in [-0.4, -0.2) is 21.9 Å². The summed E-state index contributed by atoms with van der Waals surface area (Å²) in [5, 5.41) is 21.2. The number of hydrogen-bond acceptors (Lipinski definition) is 2. The summed E-state index contributed by atoms with van der Waals surface area (Å²) in [5.74, 6) is 0. The Morgan fingerprint density at radius 3 is 2.42 bits per heavy atom. The second-order valence-corrected chi connectivity index (χ2v) is 5.59. The van der Waals surface area contributed by atoms with Crippen molar-refractivity contribution in [1.29, 1.82) is 0 Å². The van der Waals surface area contributed by atoms with Crippen LogP contribution in [0.2, 0.25) is 0 Å². The average Bonchev–Trinajstić information content (AvgIpc) is 2.38. The van der Waals surface area contributed by atoms with Gasteiger partial charge in [0.2, 0.25) is 0 Å². The van der Waals surface area contributed by atoms with Crippen molar-refractivity contribution in [1.82, 2.24) is 0 Å². The quantitative estimate of drug-likeness (QED) is 0.894. The molecule has 0 radical (unpaired) electrons. The molecule has 0 fully saturated rings. The van der Waals surface area contributed by atoms with Crippen molar-refractivity contribution >= 4 is 28.8 Å². The van der Waals surface area contributed by atoms with Crippen molar-refractivity contribution in [3.63, 3.8) is 0 Å². The molecule has 1 aliphatic carbocycles. The SMILES string of the molecule is CCC(O)C1(O)C=C(Cl)C(c2ccccc2)=C(Cl)C1. The van der Waals surface area contributed by atoms with Crippen LogP contribution >= 0.6 is 23.2 Å². The van der Waals surface area contributed by atoms with Gasteiger partial charge in [-0.05, 0) is 18.1 Å². The van der Waals surface area contributed by atoms with Gasteiger partial charge in [-0.15, -0.1) is 0 Å². The molecule has 2 nitrogen and oxygen atoms in total. The average molecular weight is 299 g/mol. The number of aliphatic hydroxyl groups is 2. The predicted molar refractivity (Wildman–Crippen MR) is 79.0 cm³/mol. The molecule has 0 aromatic heterocycles. The molecule has 2 rings (SSSR count). The summed E-state index contributed by atoms with van der Waals surface area (Å²) in [7, 11) is 0. The molecule has 1 aromatic carbocycles. The van der Waals surface area contributed by atoms with Gasteiger partial charge in [0.25, 0.3) is 0 Å². The van der Waals surface area contributed by atoms with Gasteiger partial charge in [0.05, 0.1) is 6.10 Å². The second-order valence-electron chi connectivity index (χ2n) is 4.73. The van der Waals surface area contributed by atoms with Crippen molar-refractivity contribution in [2.24, 2.45) is 0 Å². The first-order valence-electron chi connectivity index (χ1n) is 6.21. The lowest BCUT2D eigenvalue weighted by Crippen LogP contribution is -2.41. The molecule has 2 atom stereocenters. The number of benzene rings is 1. The van der Waals surface area contributed by atoms with Crippen LogP contribution in [0.3, 0.4) is 0 Å². The lowest BCUT2D eigenvalue weighted by molar-refractivity contribution is -0.0398. The smallest absolute Gasteiger partial charge is 0.115 e. The Kier molecular flexibility index (Phi) is 4.36. The molecule has 2 N–H and O–H groups in total. The summed E-state index contributed by atoms with van der Waals surface area (Å²) in [4.78, 5) is 0. The Labute approximate surface area is 123 Å². The molecule has 0 saturated carbocycles. The van der Waals surface area contributed by atoms with Crippen molar-refractivity contribution < 1.29 is 10.2 Å². The Morgan fingerprint density at radius 2 is 1.89 bits per heavy atom. The Hall–Kier alpha value is -0.800. The second kappa shape index (κ2) is 5.68. The minimum atomic E-state index is -1.39. The third-order valence-corrected chi connectivity index (χ3v) is 3.97. The van der Waals surface area contributed by atoms with E-state index in [9.17, 15) is 10.2 Å². The first-order valence-corrected chi connectivity index (χ1v) is 6.96. The van der Waals surface area contributed by atoms with E-state index in [1.165, 1.54) is 6.08 Å². The van der Waals surface area contributed by atoms with Gasteiger partial charge in [0.1, 0.15) is 5.60 Å². The molecule has 1 aromatic rings. The number of halogens is 2. The molecule has 1 aliphatic rings. The largest absolute Gasteiger partial charge is 0.390 e. The zero-order valence-electron chi connectivity index (χ0n) is 10.6. The lowest BCUT2D eigenvalue weighted by atomic mass is 9.84. The first kappa shape index (κ1) is 14.6. The van der Waals surface area contributed by atoms with Crippen molar-refractivity contribution in [2.45, 2.75) is 31.5 Å². The summed E-state index contributed by atoms with van der Waals surface area (Å²) < 4.78 is 0.